The molecule has 5 heteroatoms. The predicted molar refractivity (Wildman–Crippen MR) is 79.9 cm³/mol. The van der Waals surface area contributed by atoms with Crippen molar-refractivity contribution in [2.75, 3.05) is 4.90 Å². The van der Waals surface area contributed by atoms with Crippen molar-refractivity contribution in [2.45, 2.75) is 45.2 Å². The van der Waals surface area contributed by atoms with Crippen LogP contribution in [0.5, 0.6) is 0 Å². The lowest BCUT2D eigenvalue weighted by Crippen LogP contribution is -2.50. The summed E-state index contributed by atoms with van der Waals surface area (Å²) in [6.45, 7) is 5.77. The van der Waals surface area contributed by atoms with Gasteiger partial charge in [0.15, 0.2) is 0 Å². The van der Waals surface area contributed by atoms with Gasteiger partial charge in [-0.2, -0.15) is 0 Å². The summed E-state index contributed by atoms with van der Waals surface area (Å²) in [5.41, 5.74) is 0.403. The number of halogens is 1. The van der Waals surface area contributed by atoms with Gasteiger partial charge >= 0.3 is 0 Å². The summed E-state index contributed by atoms with van der Waals surface area (Å²) in [7, 11) is 0. The lowest BCUT2D eigenvalue weighted by Gasteiger charge is -2.28. The van der Waals surface area contributed by atoms with Crippen LogP contribution in [-0.2, 0) is 9.59 Å². The molecule has 1 fully saturated rings. The first-order chi connectivity index (χ1) is 9.28. The number of carbonyl (C=O) groups is 2. The highest BCUT2D eigenvalue weighted by Crippen LogP contribution is 2.28. The minimum atomic E-state index is -0.442. The van der Waals surface area contributed by atoms with Crippen LogP contribution in [0, 0.1) is 0 Å². The zero-order chi connectivity index (χ0) is 14.9. The number of rotatable bonds is 2. The first-order valence-corrected chi connectivity index (χ1v) is 7.05. The Morgan fingerprint density at radius 3 is 2.45 bits per heavy atom. The number of anilines is 1. The van der Waals surface area contributed by atoms with E-state index in [1.807, 2.05) is 20.8 Å². The molecule has 0 bridgehead atoms. The van der Waals surface area contributed by atoms with Crippen LogP contribution in [0.1, 0.15) is 33.6 Å². The van der Waals surface area contributed by atoms with Crippen LogP contribution in [0.15, 0.2) is 24.3 Å². The van der Waals surface area contributed by atoms with E-state index in [-0.39, 0.29) is 17.4 Å². The number of hydrogen-bond acceptors (Lipinski definition) is 2. The van der Waals surface area contributed by atoms with E-state index in [2.05, 4.69) is 5.32 Å². The summed E-state index contributed by atoms with van der Waals surface area (Å²) in [6.07, 6.45) is 0.939. The highest BCUT2D eigenvalue weighted by Gasteiger charge is 2.37. The van der Waals surface area contributed by atoms with E-state index in [1.165, 1.54) is 0 Å². The second-order valence-electron chi connectivity index (χ2n) is 6.03. The molecule has 0 radical (unpaired) electrons. The predicted octanol–water partition coefficient (Wildman–Crippen LogP) is 2.75. The van der Waals surface area contributed by atoms with E-state index < -0.39 is 6.04 Å². The molecule has 0 spiro atoms. The Labute approximate surface area is 124 Å². The van der Waals surface area contributed by atoms with E-state index in [4.69, 9.17) is 11.6 Å². The standard InChI is InChI=1S/C15H19ClN2O2/c1-15(2,3)17-14(20)12-8-9-13(19)18(12)11-6-4-10(16)5-7-11/h4-7,12H,8-9H2,1-3H3,(H,17,20). The SMILES string of the molecule is CC(C)(C)NC(=O)C1CCC(=O)N1c1ccc(Cl)cc1. The molecule has 2 rings (SSSR count). The van der Waals surface area contributed by atoms with Crippen LogP contribution >= 0.6 is 11.6 Å². The van der Waals surface area contributed by atoms with Crippen molar-refractivity contribution in [3.63, 3.8) is 0 Å². The first-order valence-electron chi connectivity index (χ1n) is 6.67. The third-order valence-corrected chi connectivity index (χ3v) is 3.37. The van der Waals surface area contributed by atoms with E-state index in [0.717, 1.165) is 0 Å². The van der Waals surface area contributed by atoms with Crippen LogP contribution < -0.4 is 10.2 Å². The van der Waals surface area contributed by atoms with E-state index in [1.54, 1.807) is 29.2 Å². The van der Waals surface area contributed by atoms with Crippen molar-refractivity contribution in [1.82, 2.24) is 5.32 Å². The third-order valence-electron chi connectivity index (χ3n) is 3.12. The zero-order valence-electron chi connectivity index (χ0n) is 11.9. The second-order valence-corrected chi connectivity index (χ2v) is 6.47. The maximum absolute atomic E-state index is 12.3. The van der Waals surface area contributed by atoms with E-state index in [9.17, 15) is 9.59 Å². The molecule has 108 valence electrons. The average molecular weight is 295 g/mol. The summed E-state index contributed by atoms with van der Waals surface area (Å²) in [5.74, 6) is -0.139. The number of benzene rings is 1. The molecule has 1 atom stereocenters. The molecule has 1 unspecified atom stereocenters. The van der Waals surface area contributed by atoms with Gasteiger partial charge in [-0.05, 0) is 51.5 Å². The molecule has 4 nitrogen and oxygen atoms in total. The van der Waals surface area contributed by atoms with Gasteiger partial charge in [0.25, 0.3) is 0 Å². The molecule has 1 saturated heterocycles. The van der Waals surface area contributed by atoms with Gasteiger partial charge in [0.05, 0.1) is 0 Å². The van der Waals surface area contributed by atoms with Gasteiger partial charge in [0, 0.05) is 22.7 Å². The number of carbonyl (C=O) groups excluding carboxylic acids is 2. The lowest BCUT2D eigenvalue weighted by molar-refractivity contribution is -0.125. The highest BCUT2D eigenvalue weighted by molar-refractivity contribution is 6.30. The van der Waals surface area contributed by atoms with Gasteiger partial charge in [0.1, 0.15) is 6.04 Å². The summed E-state index contributed by atoms with van der Waals surface area (Å²) in [6, 6.07) is 6.54. The van der Waals surface area contributed by atoms with Crippen LogP contribution in [0.4, 0.5) is 5.69 Å². The minimum Gasteiger partial charge on any atom is -0.350 e. The fourth-order valence-corrected chi connectivity index (χ4v) is 2.44. The van der Waals surface area contributed by atoms with Gasteiger partial charge in [-0.3, -0.25) is 14.5 Å². The molecular weight excluding hydrogens is 276 g/mol. The Hall–Kier alpha value is -1.55. The lowest BCUT2D eigenvalue weighted by atomic mass is 10.1. The number of nitrogens with zero attached hydrogens (tertiary/aromatic N) is 1. The monoisotopic (exact) mass is 294 g/mol. The summed E-state index contributed by atoms with van der Waals surface area (Å²) >= 11 is 5.86. The maximum atomic E-state index is 12.3. The Morgan fingerprint density at radius 2 is 1.90 bits per heavy atom. The second kappa shape index (κ2) is 5.44. The van der Waals surface area contributed by atoms with Crippen molar-refractivity contribution in [1.29, 1.82) is 0 Å². The highest BCUT2D eigenvalue weighted by atomic mass is 35.5. The molecule has 0 saturated carbocycles. The molecular formula is C15H19ClN2O2. The summed E-state index contributed by atoms with van der Waals surface area (Å²) in [5, 5.41) is 3.54. The van der Waals surface area contributed by atoms with E-state index >= 15 is 0 Å². The molecule has 1 N–H and O–H groups in total. The van der Waals surface area contributed by atoms with Crippen LogP contribution in [0.25, 0.3) is 0 Å². The molecule has 20 heavy (non-hydrogen) atoms. The summed E-state index contributed by atoms with van der Waals surface area (Å²) in [4.78, 5) is 25.9. The molecule has 1 aromatic rings. The Bertz CT molecular complexity index is 520. The van der Waals surface area contributed by atoms with Crippen LogP contribution in [0.2, 0.25) is 5.02 Å². The van der Waals surface area contributed by atoms with Crippen LogP contribution in [0.3, 0.4) is 0 Å². The van der Waals surface area contributed by atoms with Crippen molar-refractivity contribution in [3.05, 3.63) is 29.3 Å². The Balaban J connectivity index is 2.23. The van der Waals surface area contributed by atoms with Gasteiger partial charge in [-0.15, -0.1) is 0 Å². The number of hydrogen-bond donors (Lipinski definition) is 1. The Kier molecular flexibility index (Phi) is 4.04. The smallest absolute Gasteiger partial charge is 0.243 e. The summed E-state index contributed by atoms with van der Waals surface area (Å²) < 4.78 is 0. The molecule has 1 aliphatic rings. The molecule has 1 aliphatic heterocycles. The zero-order valence-corrected chi connectivity index (χ0v) is 12.7. The number of amides is 2. The van der Waals surface area contributed by atoms with Crippen LogP contribution in [-0.4, -0.2) is 23.4 Å². The molecule has 2 amide bonds. The van der Waals surface area contributed by atoms with E-state index in [0.29, 0.717) is 23.6 Å². The minimum absolute atomic E-state index is 0.0265. The third kappa shape index (κ3) is 3.31. The van der Waals surface area contributed by atoms with Crippen molar-refractivity contribution in [3.8, 4) is 0 Å². The molecule has 0 aliphatic carbocycles. The van der Waals surface area contributed by atoms with Gasteiger partial charge in [-0.1, -0.05) is 11.6 Å². The first kappa shape index (κ1) is 14.9. The van der Waals surface area contributed by atoms with Crippen molar-refractivity contribution >= 4 is 29.1 Å². The van der Waals surface area contributed by atoms with Crippen molar-refractivity contribution in [2.24, 2.45) is 0 Å². The molecule has 1 heterocycles. The van der Waals surface area contributed by atoms with Crippen molar-refractivity contribution < 1.29 is 9.59 Å². The normalized spacial score (nSPS) is 19.3. The van der Waals surface area contributed by atoms with Gasteiger partial charge in [-0.25, -0.2) is 0 Å². The average Bonchev–Trinajstić information content (AvgIpc) is 2.70. The quantitative estimate of drug-likeness (QED) is 0.912. The topological polar surface area (TPSA) is 49.4 Å². The molecule has 1 aromatic carbocycles. The molecule has 0 aromatic heterocycles. The van der Waals surface area contributed by atoms with Gasteiger partial charge < -0.3 is 5.32 Å². The van der Waals surface area contributed by atoms with Gasteiger partial charge in [0.2, 0.25) is 11.8 Å². The fourth-order valence-electron chi connectivity index (χ4n) is 2.31. The maximum Gasteiger partial charge on any atom is 0.243 e. The Morgan fingerprint density at radius 1 is 1.30 bits per heavy atom. The number of nitrogens with one attached hydrogen (secondary N) is 1. The fraction of sp³-hybridized carbons (Fsp3) is 0.467. The largest absolute Gasteiger partial charge is 0.350 e.